The van der Waals surface area contributed by atoms with Crippen LogP contribution < -0.4 is 19.1 Å². The first-order valence-corrected chi connectivity index (χ1v) is 13.7. The molecule has 0 fully saturated rings. The molecule has 0 aromatic heterocycles. The van der Waals surface area contributed by atoms with Crippen LogP contribution in [-0.2, 0) is 14.8 Å². The van der Waals surface area contributed by atoms with Gasteiger partial charge in [-0.05, 0) is 43.5 Å². The van der Waals surface area contributed by atoms with E-state index in [9.17, 15) is 13.2 Å². The number of halogens is 1. The highest BCUT2D eigenvalue weighted by Crippen LogP contribution is 2.42. The number of benzene rings is 2. The van der Waals surface area contributed by atoms with Gasteiger partial charge in [0.05, 0.1) is 30.1 Å². The van der Waals surface area contributed by atoms with Gasteiger partial charge in [-0.3, -0.25) is 9.10 Å². The lowest BCUT2D eigenvalue weighted by Gasteiger charge is -2.41. The van der Waals surface area contributed by atoms with Crippen LogP contribution in [0.1, 0.15) is 57.6 Å². The number of anilines is 1. The smallest absolute Gasteiger partial charge is 0.232 e. The maximum absolute atomic E-state index is 12.9. The summed E-state index contributed by atoms with van der Waals surface area (Å²) in [5, 5.41) is 3.47. The Hall–Kier alpha value is -2.45. The van der Waals surface area contributed by atoms with Crippen molar-refractivity contribution in [3.05, 3.63) is 53.1 Å². The molecule has 2 aromatic carbocycles. The molecular formula is C25H33ClN2O5S. The van der Waals surface area contributed by atoms with Crippen LogP contribution in [0.25, 0.3) is 0 Å². The van der Waals surface area contributed by atoms with Crippen molar-refractivity contribution >= 4 is 33.2 Å². The third-order valence-corrected chi connectivity index (χ3v) is 7.90. The van der Waals surface area contributed by atoms with Gasteiger partial charge in [0.15, 0.2) is 0 Å². The van der Waals surface area contributed by atoms with Gasteiger partial charge in [-0.15, -0.1) is 0 Å². The fourth-order valence-electron chi connectivity index (χ4n) is 4.38. The van der Waals surface area contributed by atoms with Gasteiger partial charge in [0.2, 0.25) is 15.9 Å². The number of hydrogen-bond acceptors (Lipinski definition) is 5. The second-order valence-electron chi connectivity index (χ2n) is 8.61. The summed E-state index contributed by atoms with van der Waals surface area (Å²) in [6, 6.07) is 12.5. The van der Waals surface area contributed by atoms with Crippen LogP contribution in [0.4, 0.5) is 5.69 Å². The summed E-state index contributed by atoms with van der Waals surface area (Å²) in [5.41, 5.74) is 1.09. The van der Waals surface area contributed by atoms with Crippen molar-refractivity contribution in [1.82, 2.24) is 5.32 Å². The zero-order valence-corrected chi connectivity index (χ0v) is 21.7. The van der Waals surface area contributed by atoms with Crippen molar-refractivity contribution in [2.75, 3.05) is 24.2 Å². The molecule has 3 rings (SSSR count). The molecule has 1 atom stereocenters. The second kappa shape index (κ2) is 10.9. The Morgan fingerprint density at radius 3 is 2.56 bits per heavy atom. The minimum Gasteiger partial charge on any atom is -0.495 e. The summed E-state index contributed by atoms with van der Waals surface area (Å²) in [5.74, 6) is 1.15. The highest BCUT2D eigenvalue weighted by atomic mass is 35.5. The predicted octanol–water partition coefficient (Wildman–Crippen LogP) is 5.09. The summed E-state index contributed by atoms with van der Waals surface area (Å²) >= 11 is 6.18. The Kier molecular flexibility index (Phi) is 8.36. The number of ether oxygens (including phenoxy) is 2. The Morgan fingerprint density at radius 2 is 1.94 bits per heavy atom. The lowest BCUT2D eigenvalue weighted by Crippen LogP contribution is -2.44. The van der Waals surface area contributed by atoms with E-state index in [1.165, 1.54) is 11.4 Å². The summed E-state index contributed by atoms with van der Waals surface area (Å²) in [6.45, 7) is 4.36. The number of rotatable bonds is 10. The first kappa shape index (κ1) is 26.2. The molecule has 0 spiro atoms. The number of carbonyl (C=O) groups is 1. The fraction of sp³-hybridized carbons (Fsp3) is 0.480. The highest BCUT2D eigenvalue weighted by molar-refractivity contribution is 7.92. The van der Waals surface area contributed by atoms with Gasteiger partial charge < -0.3 is 14.8 Å². The number of sulfonamides is 1. The van der Waals surface area contributed by atoms with Crippen molar-refractivity contribution in [1.29, 1.82) is 0 Å². The molecule has 1 aliphatic heterocycles. The number of carbonyl (C=O) groups excluding carboxylic acids is 1. The van der Waals surface area contributed by atoms with E-state index in [-0.39, 0.29) is 30.5 Å². The number of methoxy groups -OCH3 is 1. The molecular weight excluding hydrogens is 476 g/mol. The monoisotopic (exact) mass is 508 g/mol. The van der Waals surface area contributed by atoms with Crippen LogP contribution >= 0.6 is 11.6 Å². The second-order valence-corrected chi connectivity index (χ2v) is 10.9. The molecule has 1 N–H and O–H groups in total. The number of nitrogens with one attached hydrogen (secondary N) is 1. The van der Waals surface area contributed by atoms with Crippen LogP contribution in [0.5, 0.6) is 11.5 Å². The van der Waals surface area contributed by atoms with Gasteiger partial charge in [-0.2, -0.15) is 0 Å². The van der Waals surface area contributed by atoms with Crippen molar-refractivity contribution in [2.45, 2.75) is 57.6 Å². The lowest BCUT2D eigenvalue weighted by atomic mass is 9.83. The van der Waals surface area contributed by atoms with E-state index in [0.29, 0.717) is 29.3 Å². The predicted molar refractivity (Wildman–Crippen MR) is 135 cm³/mol. The molecule has 0 bridgehead atoms. The fourth-order valence-corrected chi connectivity index (χ4v) is 5.59. The Morgan fingerprint density at radius 1 is 1.24 bits per heavy atom. The minimum atomic E-state index is -3.56. The van der Waals surface area contributed by atoms with E-state index >= 15 is 0 Å². The third kappa shape index (κ3) is 5.96. The number of hydrogen-bond donors (Lipinski definition) is 1. The molecule has 7 nitrogen and oxygen atoms in total. The van der Waals surface area contributed by atoms with E-state index in [4.69, 9.17) is 21.1 Å². The lowest BCUT2D eigenvalue weighted by molar-refractivity contribution is -0.122. The average Bonchev–Trinajstić information content (AvgIpc) is 2.80. The molecule has 1 amide bonds. The minimum absolute atomic E-state index is 0.121. The van der Waals surface area contributed by atoms with E-state index in [1.54, 1.807) is 18.2 Å². The van der Waals surface area contributed by atoms with Gasteiger partial charge in [0.25, 0.3) is 0 Å². The Bertz CT molecular complexity index is 1120. The molecule has 34 heavy (non-hydrogen) atoms. The number of fused-ring (bicyclic) bond motifs is 1. The molecule has 9 heteroatoms. The summed E-state index contributed by atoms with van der Waals surface area (Å²) in [7, 11) is -2.06. The maximum atomic E-state index is 12.9. The van der Waals surface area contributed by atoms with Gasteiger partial charge in [0.1, 0.15) is 17.1 Å². The van der Waals surface area contributed by atoms with Gasteiger partial charge in [0, 0.05) is 24.9 Å². The first-order valence-electron chi connectivity index (χ1n) is 11.5. The molecule has 0 radical (unpaired) electrons. The van der Waals surface area contributed by atoms with Crippen molar-refractivity contribution < 1.29 is 22.7 Å². The Labute approximate surface area is 207 Å². The summed E-state index contributed by atoms with van der Waals surface area (Å²) in [6.07, 6.45) is 4.08. The molecule has 0 saturated carbocycles. The Balaban J connectivity index is 1.67. The molecule has 1 unspecified atom stereocenters. The largest absolute Gasteiger partial charge is 0.495 e. The highest BCUT2D eigenvalue weighted by Gasteiger charge is 2.38. The zero-order chi connectivity index (χ0) is 24.9. The van der Waals surface area contributed by atoms with Crippen molar-refractivity contribution in [2.24, 2.45) is 0 Å². The van der Waals surface area contributed by atoms with E-state index in [1.807, 2.05) is 24.3 Å². The number of para-hydroxylation sites is 1. The molecule has 0 saturated heterocycles. The maximum Gasteiger partial charge on any atom is 0.232 e. The average molecular weight is 509 g/mol. The zero-order valence-electron chi connectivity index (χ0n) is 20.1. The van der Waals surface area contributed by atoms with Crippen LogP contribution in [-0.4, -0.2) is 39.8 Å². The summed E-state index contributed by atoms with van der Waals surface area (Å²) in [4.78, 5) is 12.9. The van der Waals surface area contributed by atoms with E-state index in [0.717, 1.165) is 30.4 Å². The van der Waals surface area contributed by atoms with Gasteiger partial charge in [-0.25, -0.2) is 8.42 Å². The van der Waals surface area contributed by atoms with Crippen LogP contribution in [0.15, 0.2) is 42.5 Å². The first-order chi connectivity index (χ1) is 16.1. The van der Waals surface area contributed by atoms with Crippen LogP contribution in [0, 0.1) is 0 Å². The quantitative estimate of drug-likeness (QED) is 0.483. The topological polar surface area (TPSA) is 84.9 Å². The normalized spacial score (nSPS) is 16.8. The van der Waals surface area contributed by atoms with E-state index < -0.39 is 10.0 Å². The molecule has 1 heterocycles. The molecule has 186 valence electrons. The molecule has 2 aromatic rings. The van der Waals surface area contributed by atoms with Gasteiger partial charge >= 0.3 is 0 Å². The van der Waals surface area contributed by atoms with Gasteiger partial charge in [-0.1, -0.05) is 43.6 Å². The summed E-state index contributed by atoms with van der Waals surface area (Å²) < 4.78 is 37.5. The number of nitrogens with zero attached hydrogens (tertiary/aromatic N) is 1. The molecule has 1 aliphatic rings. The third-order valence-electron chi connectivity index (χ3n) is 6.41. The standard InChI is InChI=1S/C25H33ClN2O5S/c1-5-25(6-2)17-21(19-10-7-8-11-22(19)33-25)27-24(29)12-9-15-28(34(4,30)31)18-13-14-23(32-3)20(26)16-18/h7-8,10-11,13-14,16,21H,5-6,9,12,15,17H2,1-4H3,(H,27,29). The van der Waals surface area contributed by atoms with Crippen molar-refractivity contribution in [3.8, 4) is 11.5 Å². The number of amides is 1. The van der Waals surface area contributed by atoms with Crippen LogP contribution in [0.3, 0.4) is 0 Å². The molecule has 0 aliphatic carbocycles. The van der Waals surface area contributed by atoms with E-state index in [2.05, 4.69) is 19.2 Å². The van der Waals surface area contributed by atoms with Crippen molar-refractivity contribution in [3.63, 3.8) is 0 Å². The van der Waals surface area contributed by atoms with Crippen LogP contribution in [0.2, 0.25) is 5.02 Å². The SMILES string of the molecule is CCC1(CC)CC(NC(=O)CCCN(c2ccc(OC)c(Cl)c2)S(C)(=O)=O)c2ccccc2O1.